The van der Waals surface area contributed by atoms with E-state index in [9.17, 15) is 0 Å². The number of methoxy groups -OCH3 is 1. The molecule has 0 amide bonds. The van der Waals surface area contributed by atoms with E-state index in [2.05, 4.69) is 43.3 Å². The van der Waals surface area contributed by atoms with Gasteiger partial charge in [0.25, 0.3) is 0 Å². The van der Waals surface area contributed by atoms with Crippen LogP contribution >= 0.6 is 0 Å². The first-order valence-electron chi connectivity index (χ1n) is 7.24. The predicted octanol–water partition coefficient (Wildman–Crippen LogP) is 3.30. The van der Waals surface area contributed by atoms with Gasteiger partial charge < -0.3 is 14.4 Å². The maximum absolute atomic E-state index is 6.33. The number of hydrogen-bond donors (Lipinski definition) is 0. The summed E-state index contributed by atoms with van der Waals surface area (Å²) in [6, 6.07) is 16.7. The van der Waals surface area contributed by atoms with Crippen molar-refractivity contribution < 1.29 is 9.47 Å². The van der Waals surface area contributed by atoms with E-state index in [1.54, 1.807) is 7.11 Å². The van der Waals surface area contributed by atoms with E-state index in [0.29, 0.717) is 6.04 Å². The first-order chi connectivity index (χ1) is 10.2. The van der Waals surface area contributed by atoms with Gasteiger partial charge in [0.15, 0.2) is 11.5 Å². The maximum Gasteiger partial charge on any atom is 0.162 e. The fraction of sp³-hybridized carbons (Fsp3) is 0.333. The lowest BCUT2D eigenvalue weighted by molar-refractivity contribution is 0.108. The second-order valence-electron chi connectivity index (χ2n) is 5.62. The summed E-state index contributed by atoms with van der Waals surface area (Å²) in [4.78, 5) is 2.24. The largest absolute Gasteiger partial charge is 0.493 e. The molecule has 2 aromatic rings. The van der Waals surface area contributed by atoms with Gasteiger partial charge in [0.2, 0.25) is 0 Å². The molecule has 0 bridgehead atoms. The van der Waals surface area contributed by atoms with E-state index in [4.69, 9.17) is 9.47 Å². The van der Waals surface area contributed by atoms with E-state index < -0.39 is 0 Å². The molecular weight excluding hydrogens is 262 g/mol. The van der Waals surface area contributed by atoms with Crippen molar-refractivity contribution in [3.8, 4) is 11.5 Å². The lowest BCUT2D eigenvalue weighted by atomic mass is 10.1. The van der Waals surface area contributed by atoms with Gasteiger partial charge in [0, 0.05) is 0 Å². The summed E-state index contributed by atoms with van der Waals surface area (Å²) in [7, 11) is 5.89. The van der Waals surface area contributed by atoms with E-state index in [1.807, 2.05) is 24.3 Å². The molecule has 0 fully saturated rings. The lowest BCUT2D eigenvalue weighted by Gasteiger charge is -2.27. The summed E-state index contributed by atoms with van der Waals surface area (Å²) in [6.45, 7) is 0. The second-order valence-corrected chi connectivity index (χ2v) is 5.62. The van der Waals surface area contributed by atoms with Crippen LogP contribution in [0.1, 0.15) is 17.2 Å². The van der Waals surface area contributed by atoms with Crippen LogP contribution in [0.15, 0.2) is 48.5 Å². The third-order valence-electron chi connectivity index (χ3n) is 4.13. The molecular formula is C18H21NO2. The number of para-hydroxylation sites is 2. The van der Waals surface area contributed by atoms with Gasteiger partial charge in [-0.25, -0.2) is 0 Å². The van der Waals surface area contributed by atoms with Crippen LogP contribution in [0, 0.1) is 0 Å². The van der Waals surface area contributed by atoms with Crippen molar-refractivity contribution in [3.05, 3.63) is 59.7 Å². The Balaban J connectivity index is 1.95. The van der Waals surface area contributed by atoms with E-state index in [1.165, 1.54) is 11.1 Å². The van der Waals surface area contributed by atoms with Crippen LogP contribution in [0.25, 0.3) is 0 Å². The number of nitrogens with zero attached hydrogens (tertiary/aromatic N) is 1. The molecule has 0 N–H and O–H groups in total. The molecule has 3 heteroatoms. The highest BCUT2D eigenvalue weighted by molar-refractivity contribution is 5.42. The van der Waals surface area contributed by atoms with Gasteiger partial charge in [-0.1, -0.05) is 36.4 Å². The molecule has 0 heterocycles. The van der Waals surface area contributed by atoms with Crippen LogP contribution in [0.5, 0.6) is 11.5 Å². The van der Waals surface area contributed by atoms with Crippen molar-refractivity contribution in [2.24, 2.45) is 0 Å². The number of benzene rings is 2. The average molecular weight is 283 g/mol. The van der Waals surface area contributed by atoms with Crippen LogP contribution < -0.4 is 9.47 Å². The first kappa shape index (κ1) is 14.0. The molecule has 0 radical (unpaired) electrons. The Morgan fingerprint density at radius 3 is 2.33 bits per heavy atom. The van der Waals surface area contributed by atoms with E-state index in [0.717, 1.165) is 17.9 Å². The standard InChI is InChI=1S/C18H21NO2/c1-19(2)15-12-13-8-4-5-9-14(13)18(15)21-17-11-7-6-10-16(17)20-3/h4-11,15,18H,12H2,1-3H3. The Kier molecular flexibility index (Phi) is 3.84. The minimum absolute atomic E-state index is 0.0347. The fourth-order valence-corrected chi connectivity index (χ4v) is 2.99. The van der Waals surface area contributed by atoms with Gasteiger partial charge in [0.05, 0.1) is 13.2 Å². The Labute approximate surface area is 126 Å². The van der Waals surface area contributed by atoms with Crippen molar-refractivity contribution >= 4 is 0 Å². The first-order valence-corrected chi connectivity index (χ1v) is 7.24. The monoisotopic (exact) mass is 283 g/mol. The highest BCUT2D eigenvalue weighted by Gasteiger charge is 2.35. The maximum atomic E-state index is 6.33. The van der Waals surface area contributed by atoms with Gasteiger partial charge in [-0.3, -0.25) is 0 Å². The van der Waals surface area contributed by atoms with Crippen molar-refractivity contribution in [1.82, 2.24) is 4.90 Å². The number of rotatable bonds is 4. The highest BCUT2D eigenvalue weighted by atomic mass is 16.5. The van der Waals surface area contributed by atoms with Crippen molar-refractivity contribution in [3.63, 3.8) is 0 Å². The number of ether oxygens (including phenoxy) is 2. The third-order valence-corrected chi connectivity index (χ3v) is 4.13. The van der Waals surface area contributed by atoms with Crippen LogP contribution in [0.4, 0.5) is 0 Å². The van der Waals surface area contributed by atoms with Crippen molar-refractivity contribution in [2.75, 3.05) is 21.2 Å². The van der Waals surface area contributed by atoms with Crippen LogP contribution in [0.2, 0.25) is 0 Å². The molecule has 2 unspecified atom stereocenters. The van der Waals surface area contributed by atoms with Crippen LogP contribution in [-0.4, -0.2) is 32.1 Å². The smallest absolute Gasteiger partial charge is 0.162 e. The van der Waals surface area contributed by atoms with Crippen molar-refractivity contribution in [1.29, 1.82) is 0 Å². The average Bonchev–Trinajstić information content (AvgIpc) is 2.87. The molecule has 0 aliphatic heterocycles. The second kappa shape index (κ2) is 5.78. The summed E-state index contributed by atoms with van der Waals surface area (Å²) in [5.74, 6) is 1.58. The Bertz CT molecular complexity index is 624. The third kappa shape index (κ3) is 2.61. The topological polar surface area (TPSA) is 21.7 Å². The highest BCUT2D eigenvalue weighted by Crippen LogP contribution is 2.39. The Morgan fingerprint density at radius 2 is 1.62 bits per heavy atom. The van der Waals surface area contributed by atoms with E-state index >= 15 is 0 Å². The van der Waals surface area contributed by atoms with Crippen LogP contribution in [-0.2, 0) is 6.42 Å². The van der Waals surface area contributed by atoms with Gasteiger partial charge in [0.1, 0.15) is 6.10 Å². The zero-order valence-corrected chi connectivity index (χ0v) is 12.7. The SMILES string of the molecule is COc1ccccc1OC1c2ccccc2CC1N(C)C. The molecule has 110 valence electrons. The Hall–Kier alpha value is -2.00. The molecule has 0 saturated heterocycles. The summed E-state index contributed by atoms with van der Waals surface area (Å²) < 4.78 is 11.7. The van der Waals surface area contributed by atoms with Gasteiger partial charge >= 0.3 is 0 Å². The lowest BCUT2D eigenvalue weighted by Crippen LogP contribution is -2.34. The molecule has 0 aromatic heterocycles. The molecule has 0 spiro atoms. The summed E-state index contributed by atoms with van der Waals surface area (Å²) in [5.41, 5.74) is 2.65. The summed E-state index contributed by atoms with van der Waals surface area (Å²) in [5, 5.41) is 0. The number of fused-ring (bicyclic) bond motifs is 1. The summed E-state index contributed by atoms with van der Waals surface area (Å²) in [6.07, 6.45) is 1.05. The van der Waals surface area contributed by atoms with Gasteiger partial charge in [-0.05, 0) is 43.8 Å². The molecule has 1 aliphatic carbocycles. The number of likely N-dealkylation sites (N-methyl/N-ethyl adjacent to an activating group) is 1. The Morgan fingerprint density at radius 1 is 0.952 bits per heavy atom. The van der Waals surface area contributed by atoms with Gasteiger partial charge in [-0.2, -0.15) is 0 Å². The molecule has 21 heavy (non-hydrogen) atoms. The van der Waals surface area contributed by atoms with E-state index in [-0.39, 0.29) is 6.10 Å². The molecule has 2 atom stereocenters. The van der Waals surface area contributed by atoms with Gasteiger partial charge in [-0.15, -0.1) is 0 Å². The quantitative estimate of drug-likeness (QED) is 0.859. The molecule has 0 saturated carbocycles. The zero-order valence-electron chi connectivity index (χ0n) is 12.7. The summed E-state index contributed by atoms with van der Waals surface area (Å²) >= 11 is 0. The molecule has 3 nitrogen and oxygen atoms in total. The zero-order chi connectivity index (χ0) is 14.8. The minimum Gasteiger partial charge on any atom is -0.493 e. The molecule has 1 aliphatic rings. The predicted molar refractivity (Wildman–Crippen MR) is 84.0 cm³/mol. The normalized spacial score (nSPS) is 20.4. The molecule has 2 aromatic carbocycles. The van der Waals surface area contributed by atoms with Crippen LogP contribution in [0.3, 0.4) is 0 Å². The van der Waals surface area contributed by atoms with Crippen molar-refractivity contribution in [2.45, 2.75) is 18.6 Å². The number of hydrogen-bond acceptors (Lipinski definition) is 3. The fourth-order valence-electron chi connectivity index (χ4n) is 2.99. The molecule has 3 rings (SSSR count). The minimum atomic E-state index is 0.0347.